The average Bonchev–Trinajstić information content (AvgIpc) is 2.69. The van der Waals surface area contributed by atoms with Gasteiger partial charge in [0.15, 0.2) is 0 Å². The first-order valence-corrected chi connectivity index (χ1v) is 6.45. The quantitative estimate of drug-likeness (QED) is 0.730. The predicted molar refractivity (Wildman–Crippen MR) is 79.5 cm³/mol. The van der Waals surface area contributed by atoms with Gasteiger partial charge in [-0.15, -0.1) is 0 Å². The van der Waals surface area contributed by atoms with Gasteiger partial charge in [-0.2, -0.15) is 0 Å². The minimum absolute atomic E-state index is 0.639. The van der Waals surface area contributed by atoms with Crippen molar-refractivity contribution in [2.24, 2.45) is 0 Å². The summed E-state index contributed by atoms with van der Waals surface area (Å²) in [6, 6.07) is 9.89. The minimum Gasteiger partial charge on any atom is -0.383 e. The van der Waals surface area contributed by atoms with E-state index in [9.17, 15) is 0 Å². The highest BCUT2D eigenvalue weighted by atomic mass is 35.5. The number of fused-ring (bicyclic) bond motifs is 1. The van der Waals surface area contributed by atoms with Crippen molar-refractivity contribution in [3.05, 3.63) is 52.7 Å². The lowest BCUT2D eigenvalue weighted by molar-refractivity contribution is 1.20. The molecule has 0 saturated heterocycles. The van der Waals surface area contributed by atoms with Gasteiger partial charge in [-0.25, -0.2) is 4.98 Å². The van der Waals surface area contributed by atoms with Gasteiger partial charge in [0.05, 0.1) is 0 Å². The van der Waals surface area contributed by atoms with Gasteiger partial charge in [-0.05, 0) is 31.5 Å². The summed E-state index contributed by atoms with van der Waals surface area (Å²) in [5.41, 5.74) is 11.2. The zero-order valence-corrected chi connectivity index (χ0v) is 11.6. The Balaban J connectivity index is 2.30. The Morgan fingerprint density at radius 3 is 2.74 bits per heavy atom. The molecule has 0 atom stereocenters. The SMILES string of the molecule is Cc1ccc(C)c(-c2nc3cc(Cl)ccn3c2N)c1. The fourth-order valence-electron chi connectivity index (χ4n) is 2.23. The lowest BCUT2D eigenvalue weighted by atomic mass is 10.0. The Bertz CT molecular complexity index is 774. The first kappa shape index (κ1) is 12.1. The number of imidazole rings is 1. The normalized spacial score (nSPS) is 11.1. The van der Waals surface area contributed by atoms with E-state index in [1.165, 1.54) is 5.56 Å². The molecule has 0 aliphatic carbocycles. The van der Waals surface area contributed by atoms with Gasteiger partial charge in [-0.3, -0.25) is 4.40 Å². The molecule has 0 radical (unpaired) electrons. The Morgan fingerprint density at radius 2 is 1.95 bits per heavy atom. The summed E-state index contributed by atoms with van der Waals surface area (Å²) in [5, 5.41) is 0.657. The maximum atomic E-state index is 6.20. The molecule has 0 aliphatic heterocycles. The van der Waals surface area contributed by atoms with Crippen LogP contribution in [0, 0.1) is 13.8 Å². The molecule has 0 bridgehead atoms. The third-order valence-electron chi connectivity index (χ3n) is 3.27. The van der Waals surface area contributed by atoms with Crippen molar-refractivity contribution in [1.82, 2.24) is 9.38 Å². The summed E-state index contributed by atoms with van der Waals surface area (Å²) in [5.74, 6) is 0.639. The fraction of sp³-hybridized carbons (Fsp3) is 0.133. The van der Waals surface area contributed by atoms with Crippen molar-refractivity contribution < 1.29 is 0 Å². The molecule has 0 spiro atoms. The predicted octanol–water partition coefficient (Wildman–Crippen LogP) is 3.85. The molecule has 2 N–H and O–H groups in total. The maximum absolute atomic E-state index is 6.20. The number of benzene rings is 1. The number of anilines is 1. The molecule has 96 valence electrons. The van der Waals surface area contributed by atoms with E-state index >= 15 is 0 Å². The largest absolute Gasteiger partial charge is 0.383 e. The molecule has 0 amide bonds. The molecule has 3 aromatic rings. The van der Waals surface area contributed by atoms with E-state index in [4.69, 9.17) is 17.3 Å². The van der Waals surface area contributed by atoms with Crippen molar-refractivity contribution >= 4 is 23.1 Å². The number of halogens is 1. The highest BCUT2D eigenvalue weighted by Crippen LogP contribution is 2.30. The molecule has 3 nitrogen and oxygen atoms in total. The number of aromatic nitrogens is 2. The number of nitrogens with two attached hydrogens (primary N) is 1. The Labute approximate surface area is 116 Å². The van der Waals surface area contributed by atoms with Crippen LogP contribution in [0.4, 0.5) is 5.82 Å². The maximum Gasteiger partial charge on any atom is 0.140 e. The van der Waals surface area contributed by atoms with Gasteiger partial charge in [-0.1, -0.05) is 29.3 Å². The van der Waals surface area contributed by atoms with Crippen LogP contribution in [0.15, 0.2) is 36.5 Å². The lowest BCUT2D eigenvalue weighted by Gasteiger charge is -2.05. The molecule has 0 aliphatic rings. The summed E-state index contributed by atoms with van der Waals surface area (Å²) >= 11 is 5.99. The number of nitrogens with zero attached hydrogens (tertiary/aromatic N) is 2. The van der Waals surface area contributed by atoms with Crippen LogP contribution in [-0.4, -0.2) is 9.38 Å². The second-order valence-electron chi connectivity index (χ2n) is 4.74. The van der Waals surface area contributed by atoms with Crippen molar-refractivity contribution in [2.45, 2.75) is 13.8 Å². The van der Waals surface area contributed by atoms with E-state index < -0.39 is 0 Å². The zero-order chi connectivity index (χ0) is 13.6. The van der Waals surface area contributed by atoms with E-state index in [-0.39, 0.29) is 0 Å². The van der Waals surface area contributed by atoms with Crippen molar-refractivity contribution in [1.29, 1.82) is 0 Å². The smallest absolute Gasteiger partial charge is 0.140 e. The molecule has 4 heteroatoms. The van der Waals surface area contributed by atoms with Crippen LogP contribution in [-0.2, 0) is 0 Å². The van der Waals surface area contributed by atoms with E-state index in [1.54, 1.807) is 6.07 Å². The van der Waals surface area contributed by atoms with Crippen molar-refractivity contribution in [3.63, 3.8) is 0 Å². The van der Waals surface area contributed by atoms with Gasteiger partial charge < -0.3 is 5.73 Å². The van der Waals surface area contributed by atoms with Crippen LogP contribution in [0.5, 0.6) is 0 Å². The summed E-state index contributed by atoms with van der Waals surface area (Å²) < 4.78 is 1.85. The summed E-state index contributed by atoms with van der Waals surface area (Å²) in [6.07, 6.45) is 1.84. The van der Waals surface area contributed by atoms with Gasteiger partial charge in [0, 0.05) is 22.8 Å². The highest BCUT2D eigenvalue weighted by molar-refractivity contribution is 6.30. The number of hydrogen-bond acceptors (Lipinski definition) is 2. The second-order valence-corrected chi connectivity index (χ2v) is 5.17. The highest BCUT2D eigenvalue weighted by Gasteiger charge is 2.13. The third-order valence-corrected chi connectivity index (χ3v) is 3.51. The molecule has 3 rings (SSSR count). The topological polar surface area (TPSA) is 43.3 Å². The summed E-state index contributed by atoms with van der Waals surface area (Å²) in [4.78, 5) is 4.60. The van der Waals surface area contributed by atoms with E-state index in [0.717, 1.165) is 22.5 Å². The number of rotatable bonds is 1. The number of hydrogen-bond donors (Lipinski definition) is 1. The Hall–Kier alpha value is -2.00. The lowest BCUT2D eigenvalue weighted by Crippen LogP contribution is -1.94. The minimum atomic E-state index is 0.639. The Morgan fingerprint density at radius 1 is 1.16 bits per heavy atom. The van der Waals surface area contributed by atoms with E-state index in [1.807, 2.05) is 16.7 Å². The zero-order valence-electron chi connectivity index (χ0n) is 10.8. The number of nitrogen functional groups attached to an aromatic ring is 1. The van der Waals surface area contributed by atoms with Gasteiger partial charge in [0.1, 0.15) is 17.2 Å². The van der Waals surface area contributed by atoms with Gasteiger partial charge in [0.2, 0.25) is 0 Å². The van der Waals surface area contributed by atoms with Crippen molar-refractivity contribution in [3.8, 4) is 11.3 Å². The molecule has 2 heterocycles. The second kappa shape index (κ2) is 4.28. The van der Waals surface area contributed by atoms with E-state index in [2.05, 4.69) is 37.0 Å². The first-order valence-electron chi connectivity index (χ1n) is 6.07. The van der Waals surface area contributed by atoms with Crippen LogP contribution in [0.3, 0.4) is 0 Å². The van der Waals surface area contributed by atoms with Crippen LogP contribution in [0.25, 0.3) is 16.9 Å². The molecular formula is C15H14ClN3. The van der Waals surface area contributed by atoms with Crippen LogP contribution in [0.1, 0.15) is 11.1 Å². The number of pyridine rings is 1. The fourth-order valence-corrected chi connectivity index (χ4v) is 2.38. The van der Waals surface area contributed by atoms with Crippen LogP contribution in [0.2, 0.25) is 5.02 Å². The summed E-state index contributed by atoms with van der Waals surface area (Å²) in [7, 11) is 0. The molecule has 0 unspecified atom stereocenters. The van der Waals surface area contributed by atoms with Crippen LogP contribution < -0.4 is 5.73 Å². The van der Waals surface area contributed by atoms with Gasteiger partial charge >= 0.3 is 0 Å². The molecule has 2 aromatic heterocycles. The van der Waals surface area contributed by atoms with E-state index in [0.29, 0.717) is 10.8 Å². The summed E-state index contributed by atoms with van der Waals surface area (Å²) in [6.45, 7) is 4.12. The van der Waals surface area contributed by atoms with Crippen LogP contribution >= 0.6 is 11.6 Å². The molecule has 0 fully saturated rings. The molecular weight excluding hydrogens is 258 g/mol. The average molecular weight is 272 g/mol. The molecule has 1 aromatic carbocycles. The first-order chi connectivity index (χ1) is 9.06. The van der Waals surface area contributed by atoms with Crippen molar-refractivity contribution in [2.75, 3.05) is 5.73 Å². The standard InChI is InChI=1S/C15H14ClN3/c1-9-3-4-10(2)12(7-9)14-15(17)19-6-5-11(16)8-13(19)18-14/h3-8H,17H2,1-2H3. The number of aryl methyl sites for hydroxylation is 2. The van der Waals surface area contributed by atoms with Gasteiger partial charge in [0.25, 0.3) is 0 Å². The third kappa shape index (κ3) is 1.96. The Kier molecular flexibility index (Phi) is 2.72. The molecule has 0 saturated carbocycles. The molecule has 19 heavy (non-hydrogen) atoms. The monoisotopic (exact) mass is 271 g/mol.